The smallest absolute Gasteiger partial charge is 0.310 e. The number of rotatable bonds is 7. The SMILES string of the molecule is CCC(=O)Oc1cccc(CS)c1COc1cc(Cl)c(C)cc1CC. The number of ether oxygens (including phenoxy) is 2. The summed E-state index contributed by atoms with van der Waals surface area (Å²) in [6.07, 6.45) is 1.16. The first-order valence-corrected chi connectivity index (χ1v) is 9.35. The number of hydrogen-bond donors (Lipinski definition) is 1. The van der Waals surface area contributed by atoms with Crippen molar-refractivity contribution in [3.63, 3.8) is 0 Å². The van der Waals surface area contributed by atoms with Crippen molar-refractivity contribution < 1.29 is 14.3 Å². The van der Waals surface area contributed by atoms with Crippen molar-refractivity contribution in [3.05, 3.63) is 57.6 Å². The summed E-state index contributed by atoms with van der Waals surface area (Å²) >= 11 is 10.6. The highest BCUT2D eigenvalue weighted by Gasteiger charge is 2.14. The van der Waals surface area contributed by atoms with Gasteiger partial charge in [0.2, 0.25) is 0 Å². The molecule has 0 aromatic heterocycles. The molecule has 5 heteroatoms. The molecule has 0 unspecified atom stereocenters. The molecule has 0 N–H and O–H groups in total. The third-order valence-electron chi connectivity index (χ3n) is 4.01. The quantitative estimate of drug-likeness (QED) is 0.390. The predicted octanol–water partition coefficient (Wildman–Crippen LogP) is 5.54. The van der Waals surface area contributed by atoms with Gasteiger partial charge in [0, 0.05) is 22.8 Å². The standard InChI is InChI=1S/C20H23ClO3S/c1-4-14-9-13(3)17(21)10-19(14)23-11-16-15(12-25)7-6-8-18(16)24-20(22)5-2/h6-10,25H,4-5,11-12H2,1-3H3. The van der Waals surface area contributed by atoms with Crippen LogP contribution in [-0.4, -0.2) is 5.97 Å². The van der Waals surface area contributed by atoms with Gasteiger partial charge in [0.25, 0.3) is 0 Å². The fourth-order valence-electron chi connectivity index (χ4n) is 2.50. The van der Waals surface area contributed by atoms with Gasteiger partial charge >= 0.3 is 5.97 Å². The average Bonchev–Trinajstić information content (AvgIpc) is 2.62. The predicted molar refractivity (Wildman–Crippen MR) is 105 cm³/mol. The molecule has 0 aliphatic carbocycles. The summed E-state index contributed by atoms with van der Waals surface area (Å²) in [6, 6.07) is 9.48. The van der Waals surface area contributed by atoms with E-state index >= 15 is 0 Å². The van der Waals surface area contributed by atoms with E-state index in [4.69, 9.17) is 21.1 Å². The third kappa shape index (κ3) is 4.93. The maximum Gasteiger partial charge on any atom is 0.310 e. The molecule has 134 valence electrons. The molecule has 0 spiro atoms. The molecule has 0 saturated heterocycles. The molecular weight excluding hydrogens is 356 g/mol. The van der Waals surface area contributed by atoms with Crippen LogP contribution in [0.2, 0.25) is 5.02 Å². The van der Waals surface area contributed by atoms with Crippen LogP contribution in [0.15, 0.2) is 30.3 Å². The molecule has 2 rings (SSSR count). The minimum absolute atomic E-state index is 0.273. The average molecular weight is 379 g/mol. The van der Waals surface area contributed by atoms with E-state index in [0.717, 1.165) is 34.4 Å². The molecule has 0 amide bonds. The van der Waals surface area contributed by atoms with Crippen LogP contribution in [0.25, 0.3) is 0 Å². The highest BCUT2D eigenvalue weighted by atomic mass is 35.5. The van der Waals surface area contributed by atoms with E-state index in [9.17, 15) is 4.79 Å². The number of carbonyl (C=O) groups is 1. The molecule has 0 fully saturated rings. The first kappa shape index (κ1) is 19.7. The van der Waals surface area contributed by atoms with Crippen molar-refractivity contribution in [2.75, 3.05) is 0 Å². The maximum absolute atomic E-state index is 11.7. The number of hydrogen-bond acceptors (Lipinski definition) is 4. The Morgan fingerprint density at radius 3 is 2.56 bits per heavy atom. The van der Waals surface area contributed by atoms with Gasteiger partial charge in [-0.25, -0.2) is 0 Å². The van der Waals surface area contributed by atoms with Gasteiger partial charge in [-0.3, -0.25) is 4.79 Å². The number of aryl methyl sites for hydroxylation is 2. The van der Waals surface area contributed by atoms with Crippen molar-refractivity contribution in [1.29, 1.82) is 0 Å². The lowest BCUT2D eigenvalue weighted by Crippen LogP contribution is -2.10. The molecule has 2 aromatic carbocycles. The molecule has 3 nitrogen and oxygen atoms in total. The van der Waals surface area contributed by atoms with Crippen molar-refractivity contribution in [2.45, 2.75) is 46.0 Å². The molecule has 25 heavy (non-hydrogen) atoms. The normalized spacial score (nSPS) is 10.6. The van der Waals surface area contributed by atoms with Crippen molar-refractivity contribution in [1.82, 2.24) is 0 Å². The van der Waals surface area contributed by atoms with Gasteiger partial charge in [0.15, 0.2) is 0 Å². The summed E-state index contributed by atoms with van der Waals surface area (Å²) < 4.78 is 11.5. The molecule has 0 atom stereocenters. The second-order valence-corrected chi connectivity index (χ2v) is 6.45. The Hall–Kier alpha value is -1.65. The van der Waals surface area contributed by atoms with E-state index in [0.29, 0.717) is 22.9 Å². The van der Waals surface area contributed by atoms with E-state index in [2.05, 4.69) is 19.6 Å². The second kappa shape index (κ2) is 9.16. The van der Waals surface area contributed by atoms with Gasteiger partial charge in [-0.05, 0) is 42.2 Å². The Balaban J connectivity index is 2.31. The summed E-state index contributed by atoms with van der Waals surface area (Å²) in [5.74, 6) is 1.53. The number of esters is 1. The van der Waals surface area contributed by atoms with Gasteiger partial charge in [-0.15, -0.1) is 0 Å². The minimum Gasteiger partial charge on any atom is -0.488 e. The number of halogens is 1. The summed E-state index contributed by atoms with van der Waals surface area (Å²) in [6.45, 7) is 6.10. The van der Waals surface area contributed by atoms with Crippen LogP contribution in [0.1, 0.15) is 42.5 Å². The Kier molecular flexibility index (Phi) is 7.21. The lowest BCUT2D eigenvalue weighted by Gasteiger charge is -2.17. The highest BCUT2D eigenvalue weighted by Crippen LogP contribution is 2.30. The monoisotopic (exact) mass is 378 g/mol. The van der Waals surface area contributed by atoms with Gasteiger partial charge in [0.05, 0.1) is 0 Å². The maximum atomic E-state index is 11.7. The van der Waals surface area contributed by atoms with Gasteiger partial charge < -0.3 is 9.47 Å². The number of benzene rings is 2. The molecule has 0 bridgehead atoms. The first-order valence-electron chi connectivity index (χ1n) is 8.34. The topological polar surface area (TPSA) is 35.5 Å². The number of carbonyl (C=O) groups excluding carboxylic acids is 1. The molecule has 0 saturated carbocycles. The van der Waals surface area contributed by atoms with Crippen LogP contribution in [0, 0.1) is 6.92 Å². The highest BCUT2D eigenvalue weighted by molar-refractivity contribution is 7.79. The van der Waals surface area contributed by atoms with Crippen molar-refractivity contribution in [3.8, 4) is 11.5 Å². The molecule has 2 aromatic rings. The zero-order valence-electron chi connectivity index (χ0n) is 14.8. The van der Waals surface area contributed by atoms with E-state index in [-0.39, 0.29) is 12.6 Å². The van der Waals surface area contributed by atoms with E-state index in [1.165, 1.54) is 0 Å². The van der Waals surface area contributed by atoms with Crippen LogP contribution in [0.4, 0.5) is 0 Å². The molecular formula is C20H23ClO3S. The lowest BCUT2D eigenvalue weighted by atomic mass is 10.1. The first-order chi connectivity index (χ1) is 12.0. The summed E-state index contributed by atoms with van der Waals surface area (Å²) in [5, 5.41) is 0.673. The second-order valence-electron chi connectivity index (χ2n) is 5.73. The van der Waals surface area contributed by atoms with Crippen molar-refractivity contribution >= 4 is 30.2 Å². The van der Waals surface area contributed by atoms with E-state index < -0.39 is 0 Å². The molecule has 0 radical (unpaired) electrons. The Morgan fingerprint density at radius 2 is 1.92 bits per heavy atom. The Morgan fingerprint density at radius 1 is 1.16 bits per heavy atom. The minimum atomic E-state index is -0.273. The van der Waals surface area contributed by atoms with E-state index in [1.807, 2.05) is 31.2 Å². The number of thiol groups is 1. The fourth-order valence-corrected chi connectivity index (χ4v) is 2.95. The largest absolute Gasteiger partial charge is 0.488 e. The van der Waals surface area contributed by atoms with Crippen LogP contribution in [0.3, 0.4) is 0 Å². The fraction of sp³-hybridized carbons (Fsp3) is 0.350. The zero-order valence-corrected chi connectivity index (χ0v) is 16.4. The lowest BCUT2D eigenvalue weighted by molar-refractivity contribution is -0.134. The van der Waals surface area contributed by atoms with Gasteiger partial charge in [-0.1, -0.05) is 43.6 Å². The third-order valence-corrected chi connectivity index (χ3v) is 4.76. The zero-order chi connectivity index (χ0) is 18.4. The van der Waals surface area contributed by atoms with Crippen LogP contribution < -0.4 is 9.47 Å². The Labute approximate surface area is 159 Å². The van der Waals surface area contributed by atoms with Gasteiger partial charge in [-0.2, -0.15) is 12.6 Å². The summed E-state index contributed by atoms with van der Waals surface area (Å²) in [4.78, 5) is 11.7. The molecule has 0 aliphatic rings. The molecule has 0 aliphatic heterocycles. The summed E-state index contributed by atoms with van der Waals surface area (Å²) in [7, 11) is 0. The summed E-state index contributed by atoms with van der Waals surface area (Å²) in [5.41, 5.74) is 3.93. The van der Waals surface area contributed by atoms with Crippen molar-refractivity contribution in [2.24, 2.45) is 0 Å². The van der Waals surface area contributed by atoms with Crippen LogP contribution in [0.5, 0.6) is 11.5 Å². The Bertz CT molecular complexity index is 759. The van der Waals surface area contributed by atoms with Gasteiger partial charge in [0.1, 0.15) is 18.1 Å². The van der Waals surface area contributed by atoms with E-state index in [1.54, 1.807) is 13.0 Å². The van der Waals surface area contributed by atoms with Crippen LogP contribution in [-0.2, 0) is 23.6 Å². The van der Waals surface area contributed by atoms with Crippen LogP contribution >= 0.6 is 24.2 Å². The molecule has 0 heterocycles.